The van der Waals surface area contributed by atoms with Crippen LogP contribution in [0.25, 0.3) is 11.0 Å². The van der Waals surface area contributed by atoms with E-state index >= 15 is 0 Å². The van der Waals surface area contributed by atoms with E-state index in [0.717, 1.165) is 29.4 Å². The number of hydrogen-bond acceptors (Lipinski definition) is 2. The normalized spacial score (nSPS) is 13.5. The molecule has 1 aromatic heterocycles. The van der Waals surface area contributed by atoms with E-state index < -0.39 is 0 Å². The highest BCUT2D eigenvalue weighted by Gasteiger charge is 2.16. The first-order valence-corrected chi connectivity index (χ1v) is 6.67. The van der Waals surface area contributed by atoms with Gasteiger partial charge in [-0.1, -0.05) is 6.08 Å². The summed E-state index contributed by atoms with van der Waals surface area (Å²) in [5.74, 6) is 0.00287. The minimum atomic E-state index is 0.00287. The molecule has 1 aromatic carbocycles. The zero-order valence-electron chi connectivity index (χ0n) is 10.9. The molecule has 1 aliphatic rings. The molecular formula is C16H17NO2. The Labute approximate surface area is 112 Å². The van der Waals surface area contributed by atoms with Crippen LogP contribution in [0.5, 0.6) is 0 Å². The molecule has 3 nitrogen and oxygen atoms in total. The summed E-state index contributed by atoms with van der Waals surface area (Å²) < 4.78 is 5.58. The molecule has 3 rings (SSSR count). The van der Waals surface area contributed by atoms with E-state index in [1.165, 1.54) is 17.5 Å². The third-order valence-corrected chi connectivity index (χ3v) is 3.66. The number of amides is 1. The summed E-state index contributed by atoms with van der Waals surface area (Å²) in [6, 6.07) is 4.32. The number of carbonyl (C=O) groups excluding carboxylic acids is 1. The van der Waals surface area contributed by atoms with Gasteiger partial charge in [0.25, 0.3) is 0 Å². The molecule has 3 heteroatoms. The first kappa shape index (κ1) is 12.0. The zero-order chi connectivity index (χ0) is 13.2. The van der Waals surface area contributed by atoms with Crippen molar-refractivity contribution in [2.24, 2.45) is 0 Å². The van der Waals surface area contributed by atoms with Gasteiger partial charge in [0.05, 0.1) is 12.7 Å². The lowest BCUT2D eigenvalue weighted by Crippen LogP contribution is -2.24. The Hall–Kier alpha value is -2.03. The summed E-state index contributed by atoms with van der Waals surface area (Å²) in [7, 11) is 0. The van der Waals surface area contributed by atoms with Gasteiger partial charge < -0.3 is 9.73 Å². The Morgan fingerprint density at radius 3 is 2.95 bits per heavy atom. The largest absolute Gasteiger partial charge is 0.464 e. The molecule has 0 bridgehead atoms. The van der Waals surface area contributed by atoms with Crippen molar-refractivity contribution < 1.29 is 9.21 Å². The van der Waals surface area contributed by atoms with Crippen molar-refractivity contribution in [2.45, 2.75) is 25.7 Å². The number of nitrogens with one attached hydrogen (secondary N) is 1. The molecule has 1 N–H and O–H groups in total. The summed E-state index contributed by atoms with van der Waals surface area (Å²) in [4.78, 5) is 11.7. The molecule has 19 heavy (non-hydrogen) atoms. The molecule has 2 aromatic rings. The van der Waals surface area contributed by atoms with Crippen LogP contribution >= 0.6 is 0 Å². The summed E-state index contributed by atoms with van der Waals surface area (Å²) in [6.07, 6.45) is 7.24. The predicted octanol–water partition coefficient (Wildman–Crippen LogP) is 2.77. The fourth-order valence-electron chi connectivity index (χ4n) is 2.71. The van der Waals surface area contributed by atoms with Crippen molar-refractivity contribution in [1.82, 2.24) is 5.32 Å². The maximum Gasteiger partial charge on any atom is 0.224 e. The quantitative estimate of drug-likeness (QED) is 0.854. The van der Waals surface area contributed by atoms with Gasteiger partial charge in [0.2, 0.25) is 5.91 Å². The van der Waals surface area contributed by atoms with Crippen LogP contribution in [0.15, 0.2) is 35.5 Å². The molecule has 0 aliphatic heterocycles. The fraction of sp³-hybridized carbons (Fsp3) is 0.312. The molecular weight excluding hydrogens is 238 g/mol. The third kappa shape index (κ3) is 2.28. The number of hydrogen-bond donors (Lipinski definition) is 1. The molecule has 0 saturated heterocycles. The van der Waals surface area contributed by atoms with Crippen LogP contribution in [0.3, 0.4) is 0 Å². The van der Waals surface area contributed by atoms with Gasteiger partial charge >= 0.3 is 0 Å². The van der Waals surface area contributed by atoms with Crippen molar-refractivity contribution in [2.75, 3.05) is 6.54 Å². The number of fused-ring (bicyclic) bond motifs is 2. The van der Waals surface area contributed by atoms with Gasteiger partial charge in [0.15, 0.2) is 0 Å². The molecule has 0 radical (unpaired) electrons. The summed E-state index contributed by atoms with van der Waals surface area (Å²) in [6.45, 7) is 4.09. The average molecular weight is 255 g/mol. The van der Waals surface area contributed by atoms with Gasteiger partial charge in [-0.05, 0) is 42.5 Å². The first-order valence-electron chi connectivity index (χ1n) is 6.67. The molecule has 0 fully saturated rings. The molecule has 1 aliphatic carbocycles. The highest BCUT2D eigenvalue weighted by atomic mass is 16.3. The van der Waals surface area contributed by atoms with Gasteiger partial charge in [0.1, 0.15) is 5.58 Å². The van der Waals surface area contributed by atoms with Crippen molar-refractivity contribution in [1.29, 1.82) is 0 Å². The second kappa shape index (κ2) is 4.92. The lowest BCUT2D eigenvalue weighted by Gasteiger charge is -2.02. The summed E-state index contributed by atoms with van der Waals surface area (Å²) in [5, 5.41) is 3.87. The second-order valence-corrected chi connectivity index (χ2v) is 5.00. The van der Waals surface area contributed by atoms with Crippen LogP contribution in [-0.2, 0) is 24.1 Å². The third-order valence-electron chi connectivity index (χ3n) is 3.66. The number of furan rings is 1. The van der Waals surface area contributed by atoms with Gasteiger partial charge in [-0.15, -0.1) is 6.58 Å². The topological polar surface area (TPSA) is 42.2 Å². The van der Waals surface area contributed by atoms with Gasteiger partial charge in [-0.25, -0.2) is 0 Å². The van der Waals surface area contributed by atoms with Crippen molar-refractivity contribution in [3.8, 4) is 0 Å². The van der Waals surface area contributed by atoms with Gasteiger partial charge in [-0.2, -0.15) is 0 Å². The molecule has 0 unspecified atom stereocenters. The maximum absolute atomic E-state index is 11.7. The highest BCUT2D eigenvalue weighted by molar-refractivity contribution is 5.88. The molecule has 1 amide bonds. The van der Waals surface area contributed by atoms with Crippen molar-refractivity contribution in [3.05, 3.63) is 47.7 Å². The Bertz CT molecular complexity index is 639. The second-order valence-electron chi connectivity index (χ2n) is 5.00. The first-order chi connectivity index (χ1) is 9.28. The Morgan fingerprint density at radius 1 is 1.37 bits per heavy atom. The lowest BCUT2D eigenvalue weighted by atomic mass is 10.0. The van der Waals surface area contributed by atoms with Crippen molar-refractivity contribution in [3.63, 3.8) is 0 Å². The van der Waals surface area contributed by atoms with Crippen LogP contribution < -0.4 is 5.32 Å². The van der Waals surface area contributed by atoms with Crippen LogP contribution in [-0.4, -0.2) is 12.5 Å². The Kier molecular flexibility index (Phi) is 3.11. The minimum Gasteiger partial charge on any atom is -0.464 e. The zero-order valence-corrected chi connectivity index (χ0v) is 10.9. The van der Waals surface area contributed by atoms with E-state index in [1.54, 1.807) is 12.3 Å². The number of carbonyl (C=O) groups is 1. The van der Waals surface area contributed by atoms with Crippen molar-refractivity contribution >= 4 is 16.9 Å². The number of aryl methyl sites for hydroxylation is 2. The monoisotopic (exact) mass is 255 g/mol. The molecule has 0 spiro atoms. The minimum absolute atomic E-state index is 0.00287. The van der Waals surface area contributed by atoms with E-state index in [-0.39, 0.29) is 5.91 Å². The summed E-state index contributed by atoms with van der Waals surface area (Å²) >= 11 is 0. The number of benzene rings is 1. The van der Waals surface area contributed by atoms with Crippen LogP contribution in [0.2, 0.25) is 0 Å². The highest BCUT2D eigenvalue weighted by Crippen LogP contribution is 2.30. The fourth-order valence-corrected chi connectivity index (χ4v) is 2.71. The van der Waals surface area contributed by atoms with Gasteiger partial charge in [-0.3, -0.25) is 4.79 Å². The van der Waals surface area contributed by atoms with E-state index in [1.807, 2.05) is 0 Å². The predicted molar refractivity (Wildman–Crippen MR) is 75.1 cm³/mol. The molecule has 1 heterocycles. The van der Waals surface area contributed by atoms with Crippen LogP contribution in [0.1, 0.15) is 23.1 Å². The SMILES string of the molecule is C=CCNC(=O)Cc1coc2cc3c(cc12)CCC3. The molecule has 0 atom stereocenters. The van der Waals surface area contributed by atoms with Crippen LogP contribution in [0.4, 0.5) is 0 Å². The Morgan fingerprint density at radius 2 is 2.16 bits per heavy atom. The van der Waals surface area contributed by atoms with E-state index in [0.29, 0.717) is 13.0 Å². The maximum atomic E-state index is 11.7. The van der Waals surface area contributed by atoms with E-state index in [4.69, 9.17) is 4.42 Å². The smallest absolute Gasteiger partial charge is 0.224 e. The molecule has 0 saturated carbocycles. The number of rotatable bonds is 4. The van der Waals surface area contributed by atoms with Gasteiger partial charge in [0, 0.05) is 17.5 Å². The standard InChI is InChI=1S/C16H17NO2/c1-2-6-17-16(18)9-13-10-19-15-8-12-5-3-4-11(12)7-14(13)15/h2,7-8,10H,1,3-6,9H2,(H,17,18). The lowest BCUT2D eigenvalue weighted by molar-refractivity contribution is -0.120. The van der Waals surface area contributed by atoms with E-state index in [9.17, 15) is 4.79 Å². The molecule has 98 valence electrons. The summed E-state index contributed by atoms with van der Waals surface area (Å²) in [5.41, 5.74) is 4.66. The average Bonchev–Trinajstić information content (AvgIpc) is 3.01. The Balaban J connectivity index is 1.88. The van der Waals surface area contributed by atoms with E-state index in [2.05, 4.69) is 24.0 Å². The van der Waals surface area contributed by atoms with Crippen LogP contribution in [0, 0.1) is 0 Å².